The van der Waals surface area contributed by atoms with E-state index in [1.54, 1.807) is 0 Å². The van der Waals surface area contributed by atoms with E-state index in [1.165, 1.54) is 27.3 Å². The summed E-state index contributed by atoms with van der Waals surface area (Å²) in [5.74, 6) is -2.90. The monoisotopic (exact) mass is 349 g/mol. The Bertz CT molecular complexity index is 742. The summed E-state index contributed by atoms with van der Waals surface area (Å²) in [7, 11) is 0. The van der Waals surface area contributed by atoms with Crippen LogP contribution in [-0.4, -0.2) is 6.16 Å². The number of thiocyanates is 1. The van der Waals surface area contributed by atoms with Crippen LogP contribution in [0, 0.1) is 10.7 Å². The van der Waals surface area contributed by atoms with Crippen molar-refractivity contribution in [1.29, 1.82) is 5.26 Å². The summed E-state index contributed by atoms with van der Waals surface area (Å²) in [5.41, 5.74) is 0. The van der Waals surface area contributed by atoms with Crippen LogP contribution in [0.3, 0.4) is 0 Å². The standard InChI is InChI=1S/C21H20NPS/c1-2-23(24-18-22,19-12-6-3-7-13-19,20-14-8-4-9-15-20)21-16-10-5-11-17-21/h3-17H,2H2,1H3. The number of rotatable bonds is 5. The molecule has 0 spiro atoms. The number of nitriles is 1. The minimum atomic E-state index is -2.90. The van der Waals surface area contributed by atoms with Crippen LogP contribution in [-0.2, 0) is 0 Å². The van der Waals surface area contributed by atoms with Crippen LogP contribution < -0.4 is 15.9 Å². The number of benzene rings is 3. The molecule has 0 atom stereocenters. The fourth-order valence-electron chi connectivity index (χ4n) is 3.54. The molecule has 1 nitrogen and oxygen atoms in total. The van der Waals surface area contributed by atoms with Crippen LogP contribution in [0.4, 0.5) is 0 Å². The Morgan fingerprint density at radius 1 is 0.708 bits per heavy atom. The van der Waals surface area contributed by atoms with Crippen LogP contribution in [0.25, 0.3) is 0 Å². The van der Waals surface area contributed by atoms with Gasteiger partial charge in [-0.3, -0.25) is 0 Å². The zero-order valence-electron chi connectivity index (χ0n) is 13.7. The molecule has 0 saturated carbocycles. The molecule has 3 rings (SSSR count). The zero-order chi connectivity index (χ0) is 16.9. The molecule has 0 radical (unpaired) electrons. The average molecular weight is 349 g/mol. The van der Waals surface area contributed by atoms with E-state index >= 15 is 0 Å². The summed E-state index contributed by atoms with van der Waals surface area (Å²) in [6, 6.07) is 31.7. The molecule has 3 aromatic rings. The second-order valence-corrected chi connectivity index (χ2v) is 13.7. The predicted octanol–water partition coefficient (Wildman–Crippen LogP) is 4.67. The van der Waals surface area contributed by atoms with E-state index in [2.05, 4.69) is 85.1 Å². The van der Waals surface area contributed by atoms with Crippen LogP contribution in [0.15, 0.2) is 91.0 Å². The van der Waals surface area contributed by atoms with Crippen molar-refractivity contribution in [3.05, 3.63) is 91.0 Å². The van der Waals surface area contributed by atoms with Gasteiger partial charge in [-0.1, -0.05) is 0 Å². The van der Waals surface area contributed by atoms with Gasteiger partial charge in [0, 0.05) is 0 Å². The molecular weight excluding hydrogens is 329 g/mol. The minimum absolute atomic E-state index is 0.905. The predicted molar refractivity (Wildman–Crippen MR) is 109 cm³/mol. The van der Waals surface area contributed by atoms with Crippen molar-refractivity contribution in [3.8, 4) is 5.40 Å². The van der Waals surface area contributed by atoms with Gasteiger partial charge in [0.1, 0.15) is 0 Å². The summed E-state index contributed by atoms with van der Waals surface area (Å²) in [6.07, 6.45) is 0.905. The van der Waals surface area contributed by atoms with Crippen molar-refractivity contribution in [2.24, 2.45) is 0 Å². The Balaban J connectivity index is 2.50. The molecule has 0 aliphatic rings. The van der Waals surface area contributed by atoms with Gasteiger partial charge < -0.3 is 0 Å². The Morgan fingerprint density at radius 3 is 1.29 bits per heavy atom. The second-order valence-electron chi connectivity index (χ2n) is 5.72. The molecule has 3 heteroatoms. The van der Waals surface area contributed by atoms with Gasteiger partial charge in [0.25, 0.3) is 0 Å². The molecule has 0 aliphatic heterocycles. The molecule has 120 valence electrons. The van der Waals surface area contributed by atoms with Gasteiger partial charge in [0.2, 0.25) is 0 Å². The van der Waals surface area contributed by atoms with Crippen molar-refractivity contribution < 1.29 is 0 Å². The van der Waals surface area contributed by atoms with Gasteiger partial charge in [-0.25, -0.2) is 0 Å². The Morgan fingerprint density at radius 2 is 1.04 bits per heavy atom. The maximum atomic E-state index is 9.83. The van der Waals surface area contributed by atoms with Gasteiger partial charge in [-0.05, 0) is 0 Å². The molecule has 0 fully saturated rings. The van der Waals surface area contributed by atoms with Crippen molar-refractivity contribution in [2.75, 3.05) is 6.16 Å². The quantitative estimate of drug-likeness (QED) is 0.494. The van der Waals surface area contributed by atoms with E-state index in [-0.39, 0.29) is 0 Å². The van der Waals surface area contributed by atoms with Crippen molar-refractivity contribution in [2.45, 2.75) is 6.92 Å². The summed E-state index contributed by atoms with van der Waals surface area (Å²) in [5, 5.41) is 16.1. The van der Waals surface area contributed by atoms with Gasteiger partial charge in [0.15, 0.2) is 0 Å². The van der Waals surface area contributed by atoms with Gasteiger partial charge >= 0.3 is 148 Å². The van der Waals surface area contributed by atoms with Crippen molar-refractivity contribution in [3.63, 3.8) is 0 Å². The van der Waals surface area contributed by atoms with E-state index in [0.717, 1.165) is 6.16 Å². The summed E-state index contributed by atoms with van der Waals surface area (Å²) in [4.78, 5) is 0. The first-order valence-corrected chi connectivity index (χ1v) is 11.9. The van der Waals surface area contributed by atoms with Crippen molar-refractivity contribution in [1.82, 2.24) is 0 Å². The summed E-state index contributed by atoms with van der Waals surface area (Å²) < 4.78 is 0. The molecule has 0 bridgehead atoms. The molecule has 0 aliphatic carbocycles. The van der Waals surface area contributed by atoms with E-state index in [4.69, 9.17) is 0 Å². The normalized spacial score (nSPS) is 12.8. The number of nitrogens with zero attached hydrogens (tertiary/aromatic N) is 1. The van der Waals surface area contributed by atoms with Crippen LogP contribution >= 0.6 is 17.2 Å². The van der Waals surface area contributed by atoms with E-state index in [0.29, 0.717) is 0 Å². The molecule has 0 unspecified atom stereocenters. The Hall–Kier alpha value is -2.07. The topological polar surface area (TPSA) is 23.8 Å². The fourth-order valence-corrected chi connectivity index (χ4v) is 11.5. The molecule has 0 heterocycles. The van der Waals surface area contributed by atoms with E-state index in [1.807, 2.05) is 18.2 Å². The second kappa shape index (κ2) is 6.81. The summed E-state index contributed by atoms with van der Waals surface area (Å²) in [6.45, 7) is 2.22. The molecule has 0 N–H and O–H groups in total. The molecule has 0 aromatic heterocycles. The zero-order valence-corrected chi connectivity index (χ0v) is 15.4. The number of hydrogen-bond donors (Lipinski definition) is 0. The first-order valence-electron chi connectivity index (χ1n) is 8.04. The van der Waals surface area contributed by atoms with E-state index < -0.39 is 5.81 Å². The maximum absolute atomic E-state index is 9.83. The van der Waals surface area contributed by atoms with Gasteiger partial charge in [-0.2, -0.15) is 0 Å². The first kappa shape index (κ1) is 16.8. The summed E-state index contributed by atoms with van der Waals surface area (Å²) >= 11 is 1.47. The number of hydrogen-bond acceptors (Lipinski definition) is 2. The first-order chi connectivity index (χ1) is 11.8. The third kappa shape index (κ3) is 2.37. The Labute approximate surface area is 148 Å². The molecule has 24 heavy (non-hydrogen) atoms. The van der Waals surface area contributed by atoms with Gasteiger partial charge in [-0.15, -0.1) is 0 Å². The Kier molecular flexibility index (Phi) is 4.76. The van der Waals surface area contributed by atoms with Gasteiger partial charge in [0.05, 0.1) is 0 Å². The van der Waals surface area contributed by atoms with Crippen molar-refractivity contribution >= 4 is 33.1 Å². The SMILES string of the molecule is CCP(SC#N)(c1ccccc1)(c1ccccc1)c1ccccc1. The van der Waals surface area contributed by atoms with Crippen LogP contribution in [0.2, 0.25) is 0 Å². The third-order valence-corrected chi connectivity index (χ3v) is 14.7. The van der Waals surface area contributed by atoms with Crippen LogP contribution in [0.5, 0.6) is 0 Å². The van der Waals surface area contributed by atoms with E-state index in [9.17, 15) is 5.26 Å². The molecule has 0 amide bonds. The molecule has 3 aromatic carbocycles. The van der Waals surface area contributed by atoms with Crippen LogP contribution in [0.1, 0.15) is 6.92 Å². The third-order valence-electron chi connectivity index (χ3n) is 4.75. The molecular formula is C21H20NPS. The average Bonchev–Trinajstić information content (AvgIpc) is 2.69. The molecule has 0 saturated heterocycles. The fraction of sp³-hybridized carbons (Fsp3) is 0.0952.